The average molecular weight is 248 g/mol. The topological polar surface area (TPSA) is 36.4 Å². The molecule has 1 N–H and O–H groups in total. The summed E-state index contributed by atoms with van der Waals surface area (Å²) < 4.78 is 36.9. The van der Waals surface area contributed by atoms with Crippen LogP contribution in [0.3, 0.4) is 0 Å². The summed E-state index contributed by atoms with van der Waals surface area (Å²) in [4.78, 5) is 5.10. The lowest BCUT2D eigenvalue weighted by Crippen LogP contribution is -2.34. The molecule has 1 rings (SSSR count). The van der Waals surface area contributed by atoms with Crippen molar-refractivity contribution in [2.45, 2.75) is 26.1 Å². The lowest BCUT2D eigenvalue weighted by Gasteiger charge is -2.24. The van der Waals surface area contributed by atoms with Crippen molar-refractivity contribution in [3.63, 3.8) is 0 Å². The van der Waals surface area contributed by atoms with Crippen LogP contribution in [0.25, 0.3) is 0 Å². The van der Waals surface area contributed by atoms with Crippen molar-refractivity contribution in [1.29, 1.82) is 0 Å². The molecule has 1 unspecified atom stereocenters. The maximum absolute atomic E-state index is 12.3. The highest BCUT2D eigenvalue weighted by atomic mass is 19.4. The predicted octanol–water partition coefficient (Wildman–Crippen LogP) is 2.52. The van der Waals surface area contributed by atoms with Gasteiger partial charge in [0.2, 0.25) is 0 Å². The van der Waals surface area contributed by atoms with E-state index in [2.05, 4.69) is 4.98 Å². The van der Waals surface area contributed by atoms with Gasteiger partial charge in [-0.25, -0.2) is 0 Å². The number of aromatic nitrogens is 1. The van der Waals surface area contributed by atoms with Crippen LogP contribution in [0, 0.1) is 0 Å². The van der Waals surface area contributed by atoms with Crippen LogP contribution in [-0.2, 0) is 0 Å². The van der Waals surface area contributed by atoms with Crippen LogP contribution in [0.5, 0.6) is 0 Å². The standard InChI is InChI=1S/C11H15F3N2O/c1-3-16(7-11(12,13)14)9-4-5-10(8(2)17)15-6-9/h4-6,8,17H,3,7H2,1-2H3. The number of hydrogen-bond acceptors (Lipinski definition) is 3. The Hall–Kier alpha value is -1.30. The first-order valence-electron chi connectivity index (χ1n) is 5.29. The fourth-order valence-corrected chi connectivity index (χ4v) is 1.43. The van der Waals surface area contributed by atoms with Gasteiger partial charge in [-0.1, -0.05) is 0 Å². The van der Waals surface area contributed by atoms with Crippen molar-refractivity contribution in [2.75, 3.05) is 18.0 Å². The first-order valence-corrected chi connectivity index (χ1v) is 5.29. The molecule has 0 amide bonds. The fourth-order valence-electron chi connectivity index (χ4n) is 1.43. The number of nitrogens with zero attached hydrogens (tertiary/aromatic N) is 2. The number of anilines is 1. The maximum Gasteiger partial charge on any atom is 0.405 e. The molecular formula is C11H15F3N2O. The Morgan fingerprint density at radius 3 is 2.41 bits per heavy atom. The number of rotatable bonds is 4. The van der Waals surface area contributed by atoms with Crippen molar-refractivity contribution in [3.05, 3.63) is 24.0 Å². The molecule has 1 aromatic heterocycles. The number of alkyl halides is 3. The normalized spacial score (nSPS) is 13.5. The largest absolute Gasteiger partial charge is 0.405 e. The van der Waals surface area contributed by atoms with E-state index in [9.17, 15) is 18.3 Å². The molecule has 1 atom stereocenters. The van der Waals surface area contributed by atoms with Crippen LogP contribution in [0.15, 0.2) is 18.3 Å². The molecule has 17 heavy (non-hydrogen) atoms. The molecule has 0 aliphatic carbocycles. The van der Waals surface area contributed by atoms with Crippen molar-refractivity contribution < 1.29 is 18.3 Å². The molecule has 0 spiro atoms. The maximum atomic E-state index is 12.3. The van der Waals surface area contributed by atoms with E-state index in [-0.39, 0.29) is 6.54 Å². The predicted molar refractivity (Wildman–Crippen MR) is 58.8 cm³/mol. The van der Waals surface area contributed by atoms with Crippen molar-refractivity contribution >= 4 is 5.69 Å². The van der Waals surface area contributed by atoms with Gasteiger partial charge in [-0.2, -0.15) is 13.2 Å². The summed E-state index contributed by atoms with van der Waals surface area (Å²) in [6.45, 7) is 2.44. The van der Waals surface area contributed by atoms with Crippen LogP contribution < -0.4 is 4.90 Å². The zero-order valence-corrected chi connectivity index (χ0v) is 9.70. The molecule has 0 aliphatic rings. The van der Waals surface area contributed by atoms with E-state index >= 15 is 0 Å². The monoisotopic (exact) mass is 248 g/mol. The van der Waals surface area contributed by atoms with Gasteiger partial charge in [-0.3, -0.25) is 4.98 Å². The van der Waals surface area contributed by atoms with Gasteiger partial charge in [0.1, 0.15) is 6.54 Å². The van der Waals surface area contributed by atoms with Crippen molar-refractivity contribution in [3.8, 4) is 0 Å². The van der Waals surface area contributed by atoms with Crippen LogP contribution in [0.2, 0.25) is 0 Å². The molecule has 0 radical (unpaired) electrons. The summed E-state index contributed by atoms with van der Waals surface area (Å²) in [5.41, 5.74) is 0.839. The number of pyridine rings is 1. The van der Waals surface area contributed by atoms with E-state index < -0.39 is 18.8 Å². The molecular weight excluding hydrogens is 233 g/mol. The van der Waals surface area contributed by atoms with Crippen LogP contribution in [-0.4, -0.2) is 29.4 Å². The lowest BCUT2D eigenvalue weighted by molar-refractivity contribution is -0.119. The third-order valence-corrected chi connectivity index (χ3v) is 2.32. The van der Waals surface area contributed by atoms with Gasteiger partial charge in [0.05, 0.1) is 23.7 Å². The van der Waals surface area contributed by atoms with Crippen LogP contribution in [0.4, 0.5) is 18.9 Å². The third kappa shape index (κ3) is 4.22. The zero-order valence-electron chi connectivity index (χ0n) is 9.70. The Morgan fingerprint density at radius 1 is 1.41 bits per heavy atom. The molecule has 0 fully saturated rings. The summed E-state index contributed by atoms with van der Waals surface area (Å²) in [5.74, 6) is 0. The molecule has 0 aliphatic heterocycles. The summed E-state index contributed by atoms with van der Waals surface area (Å²) >= 11 is 0. The highest BCUT2D eigenvalue weighted by molar-refractivity contribution is 5.44. The number of aliphatic hydroxyl groups is 1. The molecule has 0 bridgehead atoms. The molecule has 3 nitrogen and oxygen atoms in total. The molecule has 0 saturated carbocycles. The van der Waals surface area contributed by atoms with Gasteiger partial charge in [-0.15, -0.1) is 0 Å². The highest BCUT2D eigenvalue weighted by Crippen LogP contribution is 2.22. The first-order chi connectivity index (χ1) is 7.83. The quantitative estimate of drug-likeness (QED) is 0.889. The fraction of sp³-hybridized carbons (Fsp3) is 0.545. The van der Waals surface area contributed by atoms with Crippen LogP contribution >= 0.6 is 0 Å². The number of aliphatic hydroxyl groups excluding tert-OH is 1. The van der Waals surface area contributed by atoms with Gasteiger partial charge < -0.3 is 10.0 Å². The molecule has 1 aromatic rings. The molecule has 96 valence electrons. The molecule has 0 aromatic carbocycles. The number of halogens is 3. The van der Waals surface area contributed by atoms with E-state index in [1.807, 2.05) is 0 Å². The smallest absolute Gasteiger partial charge is 0.387 e. The van der Waals surface area contributed by atoms with Gasteiger partial charge in [-0.05, 0) is 26.0 Å². The summed E-state index contributed by atoms with van der Waals surface area (Å²) in [6.07, 6.45) is -3.61. The number of hydrogen-bond donors (Lipinski definition) is 1. The van der Waals surface area contributed by atoms with Gasteiger partial charge in [0.25, 0.3) is 0 Å². The minimum Gasteiger partial charge on any atom is -0.387 e. The highest BCUT2D eigenvalue weighted by Gasteiger charge is 2.30. The van der Waals surface area contributed by atoms with E-state index in [4.69, 9.17) is 0 Å². The van der Waals surface area contributed by atoms with Gasteiger partial charge >= 0.3 is 6.18 Å². The Bertz CT molecular complexity index is 349. The Kier molecular flexibility index (Phi) is 4.34. The minimum absolute atomic E-state index is 0.245. The lowest BCUT2D eigenvalue weighted by atomic mass is 10.2. The van der Waals surface area contributed by atoms with Crippen molar-refractivity contribution in [1.82, 2.24) is 4.98 Å². The summed E-state index contributed by atoms with van der Waals surface area (Å²) in [5, 5.41) is 9.24. The van der Waals surface area contributed by atoms with Gasteiger partial charge in [0, 0.05) is 6.54 Å². The SMILES string of the molecule is CCN(CC(F)(F)F)c1ccc(C(C)O)nc1. The zero-order chi connectivity index (χ0) is 13.1. The van der Waals surface area contributed by atoms with Gasteiger partial charge in [0.15, 0.2) is 0 Å². The second-order valence-electron chi connectivity index (χ2n) is 3.75. The first kappa shape index (κ1) is 13.8. The van der Waals surface area contributed by atoms with Crippen LogP contribution in [0.1, 0.15) is 25.6 Å². The van der Waals surface area contributed by atoms with E-state index in [0.717, 1.165) is 0 Å². The second-order valence-corrected chi connectivity index (χ2v) is 3.75. The Morgan fingerprint density at radius 2 is 2.06 bits per heavy atom. The van der Waals surface area contributed by atoms with Crippen molar-refractivity contribution in [2.24, 2.45) is 0 Å². The van der Waals surface area contributed by atoms with E-state index in [1.54, 1.807) is 13.8 Å². The third-order valence-electron chi connectivity index (χ3n) is 2.32. The Balaban J connectivity index is 2.82. The van der Waals surface area contributed by atoms with E-state index in [1.165, 1.54) is 23.2 Å². The Labute approximate surface area is 97.9 Å². The molecule has 6 heteroatoms. The molecule has 1 heterocycles. The molecule has 0 saturated heterocycles. The summed E-state index contributed by atoms with van der Waals surface area (Å²) in [6, 6.07) is 3.06. The minimum atomic E-state index is -4.24. The average Bonchev–Trinajstić information content (AvgIpc) is 2.25. The summed E-state index contributed by atoms with van der Waals surface area (Å²) in [7, 11) is 0. The second kappa shape index (κ2) is 5.35. The van der Waals surface area contributed by atoms with E-state index in [0.29, 0.717) is 11.4 Å².